The van der Waals surface area contributed by atoms with E-state index in [1.54, 1.807) is 0 Å². The molecule has 1 aromatic heterocycles. The first-order valence-electron chi connectivity index (χ1n) is 9.98. The second kappa shape index (κ2) is 8.05. The Morgan fingerprint density at radius 2 is 1.83 bits per heavy atom. The number of carbonyl (C=O) groups excluding carboxylic acids is 2. The molecule has 0 aliphatic carbocycles. The molecule has 0 saturated heterocycles. The van der Waals surface area contributed by atoms with Gasteiger partial charge in [-0.2, -0.15) is 23.0 Å². The van der Waals surface area contributed by atoms with Crippen molar-refractivity contribution in [1.82, 2.24) is 15.1 Å². The van der Waals surface area contributed by atoms with E-state index in [0.29, 0.717) is 17.5 Å². The molecular weight excluding hydrogens is 495 g/mol. The Hall–Kier alpha value is -3.99. The first-order valence-corrected chi connectivity index (χ1v) is 10.4. The molecule has 1 aliphatic rings. The lowest BCUT2D eigenvalue weighted by atomic mass is 9.93. The normalized spacial score (nSPS) is 15.3. The van der Waals surface area contributed by atoms with Gasteiger partial charge in [0.15, 0.2) is 0 Å². The number of benzene rings is 3. The van der Waals surface area contributed by atoms with Gasteiger partial charge in [0.2, 0.25) is 0 Å². The van der Waals surface area contributed by atoms with Gasteiger partial charge in [0.1, 0.15) is 11.6 Å². The predicted molar refractivity (Wildman–Crippen MR) is 116 cm³/mol. The highest BCUT2D eigenvalue weighted by atomic mass is 35.5. The summed E-state index contributed by atoms with van der Waals surface area (Å²) >= 11 is 6.27. The topological polar surface area (TPSA) is 76.0 Å². The van der Waals surface area contributed by atoms with Crippen molar-refractivity contribution >= 4 is 40.1 Å². The zero-order chi connectivity index (χ0) is 25.1. The van der Waals surface area contributed by atoms with Gasteiger partial charge in [-0.3, -0.25) is 4.79 Å². The fraction of sp³-hybridized carbons (Fsp3) is 0.0870. The third-order valence-corrected chi connectivity index (χ3v) is 5.87. The van der Waals surface area contributed by atoms with Gasteiger partial charge in [-0.1, -0.05) is 11.6 Å². The summed E-state index contributed by atoms with van der Waals surface area (Å²) in [6, 6.07) is 6.33. The van der Waals surface area contributed by atoms with E-state index in [4.69, 9.17) is 11.6 Å². The number of amides is 2. The van der Waals surface area contributed by atoms with E-state index in [9.17, 15) is 31.5 Å². The molecule has 178 valence electrons. The van der Waals surface area contributed by atoms with Crippen LogP contribution in [0.3, 0.4) is 0 Å². The highest BCUT2D eigenvalue weighted by Gasteiger charge is 2.34. The number of rotatable bonds is 3. The number of nitrogens with one attached hydrogen (secondary N) is 2. The van der Waals surface area contributed by atoms with Gasteiger partial charge in [-0.25, -0.2) is 13.6 Å². The van der Waals surface area contributed by atoms with E-state index >= 15 is 0 Å². The van der Waals surface area contributed by atoms with Crippen LogP contribution in [0, 0.1) is 11.6 Å². The fourth-order valence-corrected chi connectivity index (χ4v) is 4.23. The van der Waals surface area contributed by atoms with Gasteiger partial charge in [0.25, 0.3) is 5.91 Å². The summed E-state index contributed by atoms with van der Waals surface area (Å²) in [5, 5.41) is 9.77. The summed E-state index contributed by atoms with van der Waals surface area (Å²) in [6.07, 6.45) is -3.46. The Labute approximate surface area is 198 Å². The minimum absolute atomic E-state index is 0.0763. The monoisotopic (exact) mass is 506 g/mol. The van der Waals surface area contributed by atoms with Gasteiger partial charge < -0.3 is 10.6 Å². The average molecular weight is 507 g/mol. The van der Waals surface area contributed by atoms with Crippen LogP contribution in [0.15, 0.2) is 54.7 Å². The van der Waals surface area contributed by atoms with Gasteiger partial charge in [0, 0.05) is 32.8 Å². The highest BCUT2D eigenvalue weighted by Crippen LogP contribution is 2.40. The van der Waals surface area contributed by atoms with E-state index in [1.165, 1.54) is 24.4 Å². The summed E-state index contributed by atoms with van der Waals surface area (Å²) in [6.45, 7) is 0. The number of carbonyl (C=O) groups is 2. The number of nitrogens with zero attached hydrogens (tertiary/aromatic N) is 2. The molecule has 2 N–H and O–H groups in total. The Kier molecular flexibility index (Phi) is 5.24. The molecule has 0 bridgehead atoms. The Bertz CT molecular complexity index is 1530. The van der Waals surface area contributed by atoms with Crippen LogP contribution < -0.4 is 10.6 Å². The maximum Gasteiger partial charge on any atom is 0.416 e. The zero-order valence-corrected chi connectivity index (χ0v) is 18.0. The molecule has 5 rings (SSSR count). The number of anilines is 1. The standard InChI is InChI=1S/C23H12ClF5N4O2/c24-16-3-2-13(25)8-15(16)19-18-17(4-1-10-9-30-33(20(10)18)22(35)32-19)31-21(34)11-5-12(23(27,28)29)7-14(26)6-11/h1-9,19H,(H,31,34)(H,32,35). The van der Waals surface area contributed by atoms with Crippen molar-refractivity contribution in [2.45, 2.75) is 12.2 Å². The molecule has 0 spiro atoms. The molecular formula is C23H12ClF5N4O2. The maximum absolute atomic E-state index is 14.0. The Morgan fingerprint density at radius 1 is 1.06 bits per heavy atom. The van der Waals surface area contributed by atoms with Crippen molar-refractivity contribution in [3.63, 3.8) is 0 Å². The quantitative estimate of drug-likeness (QED) is 0.340. The molecule has 0 radical (unpaired) electrons. The molecule has 1 aliphatic heterocycles. The van der Waals surface area contributed by atoms with E-state index in [0.717, 1.165) is 16.8 Å². The van der Waals surface area contributed by atoms with Crippen LogP contribution >= 0.6 is 11.6 Å². The molecule has 1 unspecified atom stereocenters. The summed E-state index contributed by atoms with van der Waals surface area (Å²) in [5.74, 6) is -2.90. The van der Waals surface area contributed by atoms with Crippen LogP contribution in [-0.4, -0.2) is 21.7 Å². The smallest absolute Gasteiger partial charge is 0.325 e. The molecule has 2 heterocycles. The first kappa shape index (κ1) is 22.8. The van der Waals surface area contributed by atoms with E-state index in [-0.39, 0.29) is 33.4 Å². The molecule has 35 heavy (non-hydrogen) atoms. The van der Waals surface area contributed by atoms with E-state index < -0.39 is 46.9 Å². The number of hydrogen-bond donors (Lipinski definition) is 2. The molecule has 1 atom stereocenters. The summed E-state index contributed by atoms with van der Waals surface area (Å²) in [4.78, 5) is 25.5. The van der Waals surface area contributed by atoms with Crippen LogP contribution in [0.4, 0.5) is 32.4 Å². The van der Waals surface area contributed by atoms with E-state index in [1.807, 2.05) is 0 Å². The van der Waals surface area contributed by atoms with Gasteiger partial charge in [-0.05, 0) is 48.5 Å². The molecule has 4 aromatic rings. The van der Waals surface area contributed by atoms with Crippen LogP contribution in [0.2, 0.25) is 5.02 Å². The Balaban J connectivity index is 1.65. The molecule has 12 heteroatoms. The minimum Gasteiger partial charge on any atom is -0.325 e. The Morgan fingerprint density at radius 3 is 2.57 bits per heavy atom. The second-order valence-corrected chi connectivity index (χ2v) is 8.16. The van der Waals surface area contributed by atoms with Crippen LogP contribution in [0.25, 0.3) is 10.9 Å². The fourth-order valence-electron chi connectivity index (χ4n) is 4.00. The molecule has 6 nitrogen and oxygen atoms in total. The van der Waals surface area contributed by atoms with Crippen molar-refractivity contribution in [2.75, 3.05) is 5.32 Å². The predicted octanol–water partition coefficient (Wildman–Crippen LogP) is 5.90. The minimum atomic E-state index is -4.86. The summed E-state index contributed by atoms with van der Waals surface area (Å²) < 4.78 is 68.2. The van der Waals surface area contributed by atoms with Crippen molar-refractivity contribution in [3.05, 3.63) is 93.6 Å². The van der Waals surface area contributed by atoms with Crippen molar-refractivity contribution in [2.24, 2.45) is 0 Å². The van der Waals surface area contributed by atoms with Crippen molar-refractivity contribution in [1.29, 1.82) is 0 Å². The lowest BCUT2D eigenvalue weighted by Gasteiger charge is -2.28. The molecule has 3 aromatic carbocycles. The SMILES string of the molecule is O=C(Nc1ccc2cnn3c2c1C(c1cc(F)ccc1Cl)NC3=O)c1cc(F)cc(C(F)(F)F)c1. The number of hydrogen-bond acceptors (Lipinski definition) is 3. The summed E-state index contributed by atoms with van der Waals surface area (Å²) in [5.41, 5.74) is -1.08. The maximum atomic E-state index is 14.0. The van der Waals surface area contributed by atoms with Crippen molar-refractivity contribution in [3.8, 4) is 0 Å². The second-order valence-electron chi connectivity index (χ2n) is 7.75. The lowest BCUT2D eigenvalue weighted by molar-refractivity contribution is -0.137. The molecule has 0 saturated carbocycles. The number of alkyl halides is 3. The molecule has 2 amide bonds. The third-order valence-electron chi connectivity index (χ3n) is 5.53. The molecule has 0 fully saturated rings. The van der Waals surface area contributed by atoms with Crippen LogP contribution in [0.5, 0.6) is 0 Å². The van der Waals surface area contributed by atoms with E-state index in [2.05, 4.69) is 15.7 Å². The largest absolute Gasteiger partial charge is 0.416 e. The van der Waals surface area contributed by atoms with Crippen LogP contribution in [0.1, 0.15) is 33.1 Å². The van der Waals surface area contributed by atoms with Gasteiger partial charge >= 0.3 is 12.2 Å². The van der Waals surface area contributed by atoms with Crippen LogP contribution in [-0.2, 0) is 6.18 Å². The van der Waals surface area contributed by atoms with Gasteiger partial charge in [0.05, 0.1) is 23.3 Å². The first-order chi connectivity index (χ1) is 16.5. The third kappa shape index (κ3) is 3.97. The zero-order valence-electron chi connectivity index (χ0n) is 17.3. The lowest BCUT2D eigenvalue weighted by Crippen LogP contribution is -2.38. The number of halogens is 6. The average Bonchev–Trinajstić information content (AvgIpc) is 3.23. The summed E-state index contributed by atoms with van der Waals surface area (Å²) in [7, 11) is 0. The van der Waals surface area contributed by atoms with Crippen molar-refractivity contribution < 1.29 is 31.5 Å². The number of aromatic nitrogens is 2. The highest BCUT2D eigenvalue weighted by molar-refractivity contribution is 6.31. The van der Waals surface area contributed by atoms with Gasteiger partial charge in [-0.15, -0.1) is 0 Å².